The lowest BCUT2D eigenvalue weighted by Crippen LogP contribution is -2.41. The molecule has 0 unspecified atom stereocenters. The summed E-state index contributed by atoms with van der Waals surface area (Å²) in [6.45, 7) is 5.17. The summed E-state index contributed by atoms with van der Waals surface area (Å²) in [5, 5.41) is 10.4. The molecule has 2 fully saturated rings. The molecule has 2 saturated heterocycles. The minimum absolute atomic E-state index is 0.149. The molecule has 2 aromatic heterocycles. The summed E-state index contributed by atoms with van der Waals surface area (Å²) in [5.41, 5.74) is 8.75. The van der Waals surface area contributed by atoms with E-state index in [2.05, 4.69) is 25.7 Å². The van der Waals surface area contributed by atoms with Gasteiger partial charge in [-0.2, -0.15) is 28.2 Å². The molecule has 2 aromatic carbocycles. The second-order valence-corrected chi connectivity index (χ2v) is 11.7. The fourth-order valence-electron chi connectivity index (χ4n) is 6.16. The molecule has 2 aliphatic heterocycles. The van der Waals surface area contributed by atoms with Crippen LogP contribution >= 0.6 is 0 Å². The molecule has 4 heterocycles. The van der Waals surface area contributed by atoms with Crippen LogP contribution in [0.2, 0.25) is 0 Å². The van der Waals surface area contributed by atoms with E-state index in [1.54, 1.807) is 62.6 Å². The van der Waals surface area contributed by atoms with Crippen molar-refractivity contribution in [2.45, 2.75) is 38.5 Å². The number of aryl methyl sites for hydroxylation is 1. The molecular formula is C32H35F3N8O2. The summed E-state index contributed by atoms with van der Waals surface area (Å²) >= 11 is 0. The molecule has 1 atom stereocenters. The molecule has 0 saturated carbocycles. The van der Waals surface area contributed by atoms with Gasteiger partial charge in [-0.05, 0) is 73.5 Å². The summed E-state index contributed by atoms with van der Waals surface area (Å²) in [5.74, 6) is -0.222. The van der Waals surface area contributed by atoms with Gasteiger partial charge >= 0.3 is 6.18 Å². The summed E-state index contributed by atoms with van der Waals surface area (Å²) in [4.78, 5) is 22.4. The topological polar surface area (TPSA) is 123 Å². The van der Waals surface area contributed by atoms with E-state index < -0.39 is 12.3 Å². The molecule has 4 aromatic rings. The van der Waals surface area contributed by atoms with Gasteiger partial charge in [0.1, 0.15) is 5.82 Å². The number of alkyl halides is 3. The van der Waals surface area contributed by atoms with Gasteiger partial charge in [0.15, 0.2) is 0 Å². The fraction of sp³-hybridized carbons (Fsp3) is 0.375. The number of carbonyl (C=O) groups is 1. The number of halogens is 3. The van der Waals surface area contributed by atoms with Crippen LogP contribution in [0.1, 0.15) is 47.0 Å². The van der Waals surface area contributed by atoms with Crippen LogP contribution in [-0.2, 0) is 0 Å². The number of anilines is 2. The molecule has 4 N–H and O–H groups in total. The first-order valence-electron chi connectivity index (χ1n) is 14.9. The third-order valence-electron chi connectivity index (χ3n) is 8.71. The molecule has 45 heavy (non-hydrogen) atoms. The Kier molecular flexibility index (Phi) is 8.12. The van der Waals surface area contributed by atoms with E-state index in [1.807, 2.05) is 4.90 Å². The van der Waals surface area contributed by atoms with Gasteiger partial charge in [0.25, 0.3) is 5.91 Å². The number of aromatic nitrogens is 4. The van der Waals surface area contributed by atoms with Crippen LogP contribution in [0.3, 0.4) is 0 Å². The van der Waals surface area contributed by atoms with Crippen molar-refractivity contribution in [3.63, 3.8) is 0 Å². The third kappa shape index (κ3) is 6.44. The van der Waals surface area contributed by atoms with Gasteiger partial charge in [0, 0.05) is 50.1 Å². The van der Waals surface area contributed by atoms with Crippen LogP contribution in [0.25, 0.3) is 16.8 Å². The van der Waals surface area contributed by atoms with Crippen molar-refractivity contribution in [2.75, 3.05) is 43.9 Å². The van der Waals surface area contributed by atoms with Crippen LogP contribution in [-0.4, -0.2) is 65.1 Å². The number of amides is 1. The standard InChI is InChI=1S/C32H35F3N8O2/c1-20-9-14-43(41-20)25-17-23(21-3-5-22(6-4-21)29(44)37-2)7-8-24(25)28(32(33,34)35)45-27-18-26(39-30(36)40-27)42-15-11-31(12-16-42)10-13-38-19-31/h3-9,14,17-18,28,38H,10-13,15-16,19H2,1-2H3,(H,37,44)(H2,36,39,40)/t28-/m1/s1. The highest BCUT2D eigenvalue weighted by Crippen LogP contribution is 2.42. The predicted octanol–water partition coefficient (Wildman–Crippen LogP) is 4.84. The smallest absolute Gasteiger partial charge is 0.429 e. The number of hydrogen-bond donors (Lipinski definition) is 3. The predicted molar refractivity (Wildman–Crippen MR) is 164 cm³/mol. The molecule has 1 spiro atoms. The highest BCUT2D eigenvalue weighted by atomic mass is 19.4. The number of benzene rings is 2. The first-order valence-corrected chi connectivity index (χ1v) is 14.9. The summed E-state index contributed by atoms with van der Waals surface area (Å²) < 4.78 is 51.5. The normalized spacial score (nSPS) is 17.0. The first-order chi connectivity index (χ1) is 21.5. The minimum atomic E-state index is -4.81. The van der Waals surface area contributed by atoms with Gasteiger partial charge in [-0.15, -0.1) is 0 Å². The molecule has 1 amide bonds. The van der Waals surface area contributed by atoms with Gasteiger partial charge in [0.2, 0.25) is 17.9 Å². The van der Waals surface area contributed by atoms with Gasteiger partial charge in [-0.1, -0.05) is 24.3 Å². The van der Waals surface area contributed by atoms with Gasteiger partial charge < -0.3 is 26.0 Å². The van der Waals surface area contributed by atoms with Crippen molar-refractivity contribution < 1.29 is 22.7 Å². The average molecular weight is 621 g/mol. The Hall–Kier alpha value is -4.65. The Morgan fingerprint density at radius 3 is 2.40 bits per heavy atom. The number of carbonyl (C=O) groups excluding carboxylic acids is 1. The number of piperidine rings is 1. The minimum Gasteiger partial charge on any atom is -0.459 e. The highest BCUT2D eigenvalue weighted by Gasteiger charge is 2.45. The molecule has 0 aliphatic carbocycles. The van der Waals surface area contributed by atoms with E-state index in [4.69, 9.17) is 10.5 Å². The molecule has 2 aliphatic rings. The number of nitrogens with two attached hydrogens (primary N) is 1. The van der Waals surface area contributed by atoms with Crippen molar-refractivity contribution in [1.29, 1.82) is 0 Å². The van der Waals surface area contributed by atoms with E-state index in [9.17, 15) is 18.0 Å². The fourth-order valence-corrected chi connectivity index (χ4v) is 6.16. The van der Waals surface area contributed by atoms with Crippen molar-refractivity contribution in [3.05, 3.63) is 77.6 Å². The Balaban J connectivity index is 1.34. The lowest BCUT2D eigenvalue weighted by molar-refractivity contribution is -0.198. The highest BCUT2D eigenvalue weighted by molar-refractivity contribution is 5.94. The van der Waals surface area contributed by atoms with Crippen LogP contribution in [0.4, 0.5) is 24.9 Å². The molecule has 0 bridgehead atoms. The maximum absolute atomic E-state index is 14.8. The average Bonchev–Trinajstić information content (AvgIpc) is 3.68. The molecule has 6 rings (SSSR count). The number of rotatable bonds is 7. The number of nitrogens with one attached hydrogen (secondary N) is 2. The Bertz CT molecular complexity index is 1670. The molecule has 0 radical (unpaired) electrons. The van der Waals surface area contributed by atoms with E-state index in [1.165, 1.54) is 16.8 Å². The Labute approximate surface area is 258 Å². The molecule has 10 nitrogen and oxygen atoms in total. The molecular weight excluding hydrogens is 585 g/mol. The largest absolute Gasteiger partial charge is 0.459 e. The summed E-state index contributed by atoms with van der Waals surface area (Å²) in [6, 6.07) is 14.5. The van der Waals surface area contributed by atoms with Crippen LogP contribution in [0.5, 0.6) is 5.88 Å². The molecule has 13 heteroatoms. The second kappa shape index (κ2) is 12.0. The van der Waals surface area contributed by atoms with Crippen LogP contribution in [0, 0.1) is 12.3 Å². The quantitative estimate of drug-likeness (QED) is 0.268. The van der Waals surface area contributed by atoms with E-state index in [0.29, 0.717) is 41.3 Å². The van der Waals surface area contributed by atoms with Crippen molar-refractivity contribution in [2.24, 2.45) is 5.41 Å². The summed E-state index contributed by atoms with van der Waals surface area (Å²) in [6.07, 6.45) is -2.55. The first kappa shape index (κ1) is 30.4. The van der Waals surface area contributed by atoms with E-state index >= 15 is 0 Å². The Morgan fingerprint density at radius 1 is 1.04 bits per heavy atom. The van der Waals surface area contributed by atoms with E-state index in [-0.39, 0.29) is 34.4 Å². The van der Waals surface area contributed by atoms with E-state index in [0.717, 1.165) is 32.4 Å². The van der Waals surface area contributed by atoms with Crippen LogP contribution in [0.15, 0.2) is 60.8 Å². The monoisotopic (exact) mass is 620 g/mol. The van der Waals surface area contributed by atoms with Crippen LogP contribution < -0.4 is 26.0 Å². The number of ether oxygens (including phenoxy) is 1. The number of nitrogens with zero attached hydrogens (tertiary/aromatic N) is 5. The zero-order valence-electron chi connectivity index (χ0n) is 25.1. The van der Waals surface area contributed by atoms with Gasteiger partial charge in [-0.25, -0.2) is 4.68 Å². The van der Waals surface area contributed by atoms with Crippen molar-refractivity contribution >= 4 is 17.7 Å². The maximum atomic E-state index is 14.8. The Morgan fingerprint density at radius 2 is 1.78 bits per heavy atom. The van der Waals surface area contributed by atoms with Crippen molar-refractivity contribution in [1.82, 2.24) is 30.4 Å². The lowest BCUT2D eigenvalue weighted by atomic mass is 9.78. The lowest BCUT2D eigenvalue weighted by Gasteiger charge is -2.39. The zero-order valence-corrected chi connectivity index (χ0v) is 25.1. The SMILES string of the molecule is CNC(=O)c1ccc(-c2ccc([C@@H](Oc3cc(N4CCC5(CCNC5)CC4)nc(N)n3)C(F)(F)F)c(-n3ccc(C)n3)c2)cc1. The van der Waals surface area contributed by atoms with Crippen molar-refractivity contribution in [3.8, 4) is 22.7 Å². The molecule has 236 valence electrons. The zero-order chi connectivity index (χ0) is 31.8. The maximum Gasteiger partial charge on any atom is 0.429 e. The summed E-state index contributed by atoms with van der Waals surface area (Å²) in [7, 11) is 1.54. The second-order valence-electron chi connectivity index (χ2n) is 11.7. The van der Waals surface area contributed by atoms with Gasteiger partial charge in [0.05, 0.1) is 11.4 Å². The number of nitrogen functional groups attached to an aromatic ring is 1. The number of hydrogen-bond acceptors (Lipinski definition) is 8. The van der Waals surface area contributed by atoms with Gasteiger partial charge in [-0.3, -0.25) is 4.79 Å². The third-order valence-corrected chi connectivity index (χ3v) is 8.71.